The van der Waals surface area contributed by atoms with E-state index in [1.54, 1.807) is 0 Å². The van der Waals surface area contributed by atoms with E-state index in [9.17, 15) is 29.8 Å². The van der Waals surface area contributed by atoms with E-state index in [2.05, 4.69) is 21.7 Å². The topological polar surface area (TPSA) is 169 Å². The maximum Gasteiger partial charge on any atom is 0.329 e. The van der Waals surface area contributed by atoms with E-state index in [0.29, 0.717) is 11.4 Å². The molecule has 2 amide bonds. The molecule has 12 nitrogen and oxygen atoms in total. The van der Waals surface area contributed by atoms with Gasteiger partial charge in [-0.25, -0.2) is 0 Å². The van der Waals surface area contributed by atoms with Crippen LogP contribution in [-0.4, -0.2) is 21.7 Å². The Labute approximate surface area is 145 Å². The molecule has 0 aromatic heterocycles. The lowest BCUT2D eigenvalue weighted by Gasteiger charge is -2.10. The molecule has 0 saturated carbocycles. The Morgan fingerprint density at radius 1 is 0.654 bits per heavy atom. The van der Waals surface area contributed by atoms with E-state index in [4.69, 9.17) is 0 Å². The summed E-state index contributed by atoms with van der Waals surface area (Å²) in [6.45, 7) is 0. The summed E-state index contributed by atoms with van der Waals surface area (Å²) in [6.07, 6.45) is 0. The quantitative estimate of drug-likeness (QED) is 0.337. The monoisotopic (exact) mass is 360 g/mol. The van der Waals surface area contributed by atoms with Gasteiger partial charge in [-0.05, 0) is 24.3 Å². The third-order valence-electron chi connectivity index (χ3n) is 3.00. The van der Waals surface area contributed by atoms with Gasteiger partial charge in [-0.3, -0.25) is 51.5 Å². The van der Waals surface area contributed by atoms with E-state index in [1.165, 1.54) is 48.5 Å². The maximum atomic E-state index is 11.6. The Morgan fingerprint density at radius 2 is 0.962 bits per heavy atom. The van der Waals surface area contributed by atoms with E-state index in [0.717, 1.165) is 0 Å². The molecular formula is C14H12N6O6. The molecule has 0 saturated heterocycles. The number of rotatable bonds is 6. The average molecular weight is 360 g/mol. The zero-order valence-corrected chi connectivity index (χ0v) is 13.0. The molecule has 0 atom stereocenters. The number of amides is 2. The highest BCUT2D eigenvalue weighted by molar-refractivity contribution is 6.35. The van der Waals surface area contributed by atoms with Crippen LogP contribution in [0.2, 0.25) is 0 Å². The number of non-ortho nitro benzene ring substituents is 2. The second-order valence-electron chi connectivity index (χ2n) is 4.77. The number of hydrogen-bond acceptors (Lipinski definition) is 8. The van der Waals surface area contributed by atoms with Crippen LogP contribution in [0.3, 0.4) is 0 Å². The van der Waals surface area contributed by atoms with Gasteiger partial charge >= 0.3 is 11.8 Å². The fourth-order valence-electron chi connectivity index (χ4n) is 1.70. The standard InChI is InChI=1S/C14H12N6O6/c21-13(17-15-9-1-5-11(6-2-9)19(23)24)14(22)18-16-10-3-7-12(8-4-10)20(25)26/h1-8,15-16H,(H,17,21)(H,18,22). The number of nitrogens with one attached hydrogen (secondary N) is 4. The lowest BCUT2D eigenvalue weighted by atomic mass is 10.3. The lowest BCUT2D eigenvalue weighted by Crippen LogP contribution is -2.44. The van der Waals surface area contributed by atoms with Gasteiger partial charge in [0.05, 0.1) is 21.2 Å². The third-order valence-corrected chi connectivity index (χ3v) is 3.00. The average Bonchev–Trinajstić information content (AvgIpc) is 2.64. The predicted octanol–water partition coefficient (Wildman–Crippen LogP) is 1.09. The molecule has 2 aromatic carbocycles. The number of benzene rings is 2. The first-order chi connectivity index (χ1) is 12.4. The first-order valence-electron chi connectivity index (χ1n) is 6.98. The Bertz CT molecular complexity index is 765. The fraction of sp³-hybridized carbons (Fsp3) is 0. The zero-order valence-electron chi connectivity index (χ0n) is 13.0. The van der Waals surface area contributed by atoms with Crippen LogP contribution in [0.1, 0.15) is 0 Å². The first kappa shape index (κ1) is 18.1. The van der Waals surface area contributed by atoms with Crippen LogP contribution in [0.25, 0.3) is 0 Å². The van der Waals surface area contributed by atoms with E-state index < -0.39 is 21.7 Å². The first-order valence-corrected chi connectivity index (χ1v) is 6.98. The molecule has 0 spiro atoms. The Kier molecular flexibility index (Phi) is 5.61. The van der Waals surface area contributed by atoms with Crippen molar-refractivity contribution in [2.24, 2.45) is 0 Å². The smallest absolute Gasteiger partial charge is 0.298 e. The van der Waals surface area contributed by atoms with Crippen LogP contribution in [-0.2, 0) is 9.59 Å². The molecule has 0 fully saturated rings. The van der Waals surface area contributed by atoms with Gasteiger partial charge in [0.15, 0.2) is 0 Å². The van der Waals surface area contributed by atoms with Crippen LogP contribution >= 0.6 is 0 Å². The second kappa shape index (κ2) is 8.05. The molecule has 26 heavy (non-hydrogen) atoms. The van der Waals surface area contributed by atoms with Gasteiger partial charge in [0.25, 0.3) is 11.4 Å². The molecule has 0 aliphatic heterocycles. The van der Waals surface area contributed by atoms with Gasteiger partial charge in [-0.15, -0.1) is 0 Å². The molecular weight excluding hydrogens is 348 g/mol. The molecule has 2 aromatic rings. The highest BCUT2D eigenvalue weighted by Gasteiger charge is 2.13. The van der Waals surface area contributed by atoms with Gasteiger partial charge < -0.3 is 0 Å². The molecule has 2 rings (SSSR count). The summed E-state index contributed by atoms with van der Waals surface area (Å²) in [5.41, 5.74) is 9.49. The normalized spacial score (nSPS) is 9.69. The summed E-state index contributed by atoms with van der Waals surface area (Å²) in [6, 6.07) is 10.3. The van der Waals surface area contributed by atoms with Gasteiger partial charge in [0, 0.05) is 24.3 Å². The number of carbonyl (C=O) groups is 2. The number of carbonyl (C=O) groups excluding carboxylic acids is 2. The van der Waals surface area contributed by atoms with Crippen molar-refractivity contribution in [1.29, 1.82) is 0 Å². The maximum absolute atomic E-state index is 11.6. The number of hydrogen-bond donors (Lipinski definition) is 4. The van der Waals surface area contributed by atoms with Crippen molar-refractivity contribution in [3.8, 4) is 0 Å². The molecule has 0 unspecified atom stereocenters. The van der Waals surface area contributed by atoms with Crippen LogP contribution in [0, 0.1) is 20.2 Å². The highest BCUT2D eigenvalue weighted by Crippen LogP contribution is 2.15. The van der Waals surface area contributed by atoms with Gasteiger partial charge in [0.2, 0.25) is 0 Å². The van der Waals surface area contributed by atoms with Crippen LogP contribution in [0.5, 0.6) is 0 Å². The Balaban J connectivity index is 1.80. The third kappa shape index (κ3) is 4.89. The summed E-state index contributed by atoms with van der Waals surface area (Å²) in [5, 5.41) is 21.1. The number of nitro benzene ring substituents is 2. The molecule has 134 valence electrons. The largest absolute Gasteiger partial charge is 0.329 e. The van der Waals surface area contributed by atoms with Gasteiger partial charge in [-0.2, -0.15) is 0 Å². The van der Waals surface area contributed by atoms with Crippen molar-refractivity contribution >= 4 is 34.6 Å². The van der Waals surface area contributed by atoms with Crippen molar-refractivity contribution in [2.45, 2.75) is 0 Å². The van der Waals surface area contributed by atoms with E-state index in [-0.39, 0.29) is 11.4 Å². The zero-order chi connectivity index (χ0) is 19.1. The fourth-order valence-corrected chi connectivity index (χ4v) is 1.70. The summed E-state index contributed by atoms with van der Waals surface area (Å²) in [7, 11) is 0. The number of anilines is 2. The molecule has 0 aliphatic carbocycles. The SMILES string of the molecule is O=C(NNc1ccc([N+](=O)[O-])cc1)C(=O)NNc1ccc([N+](=O)[O-])cc1. The summed E-state index contributed by atoms with van der Waals surface area (Å²) >= 11 is 0. The highest BCUT2D eigenvalue weighted by atomic mass is 16.6. The number of nitro groups is 2. The Morgan fingerprint density at radius 3 is 1.23 bits per heavy atom. The summed E-state index contributed by atoms with van der Waals surface area (Å²) < 4.78 is 0. The number of nitrogens with zero attached hydrogens (tertiary/aromatic N) is 2. The number of hydrazine groups is 2. The molecule has 4 N–H and O–H groups in total. The van der Waals surface area contributed by atoms with Crippen molar-refractivity contribution in [2.75, 3.05) is 10.9 Å². The molecule has 0 bridgehead atoms. The predicted molar refractivity (Wildman–Crippen MR) is 89.7 cm³/mol. The molecule has 12 heteroatoms. The van der Waals surface area contributed by atoms with E-state index in [1.807, 2.05) is 0 Å². The summed E-state index contributed by atoms with van der Waals surface area (Å²) in [4.78, 5) is 43.2. The second-order valence-corrected chi connectivity index (χ2v) is 4.77. The minimum absolute atomic E-state index is 0.119. The van der Waals surface area contributed by atoms with Crippen molar-refractivity contribution in [1.82, 2.24) is 10.9 Å². The van der Waals surface area contributed by atoms with Crippen LogP contribution < -0.4 is 21.7 Å². The van der Waals surface area contributed by atoms with Crippen molar-refractivity contribution in [3.63, 3.8) is 0 Å². The van der Waals surface area contributed by atoms with Crippen LogP contribution in [0.15, 0.2) is 48.5 Å². The lowest BCUT2D eigenvalue weighted by molar-refractivity contribution is -0.385. The van der Waals surface area contributed by atoms with Crippen LogP contribution in [0.4, 0.5) is 22.7 Å². The van der Waals surface area contributed by atoms with Crippen molar-refractivity contribution < 1.29 is 19.4 Å². The van der Waals surface area contributed by atoms with Gasteiger partial charge in [-0.1, -0.05) is 0 Å². The molecule has 0 heterocycles. The minimum atomic E-state index is -1.03. The minimum Gasteiger partial charge on any atom is -0.298 e. The van der Waals surface area contributed by atoms with Gasteiger partial charge in [0.1, 0.15) is 0 Å². The van der Waals surface area contributed by atoms with E-state index >= 15 is 0 Å². The Hall–Kier alpha value is -4.22. The molecule has 0 aliphatic rings. The summed E-state index contributed by atoms with van der Waals surface area (Å²) in [5.74, 6) is -2.06. The molecule has 0 radical (unpaired) electrons. The van der Waals surface area contributed by atoms with Crippen molar-refractivity contribution in [3.05, 3.63) is 68.8 Å².